The van der Waals surface area contributed by atoms with Crippen LogP contribution in [0.4, 0.5) is 5.82 Å². The predicted octanol–water partition coefficient (Wildman–Crippen LogP) is 3.97. The van der Waals surface area contributed by atoms with E-state index in [9.17, 15) is 4.79 Å². The number of rotatable bonds is 4. The number of anilines is 1. The first-order valence-electron chi connectivity index (χ1n) is 8.90. The molecule has 2 heterocycles. The van der Waals surface area contributed by atoms with Crippen LogP contribution in [0.1, 0.15) is 22.1 Å². The molecule has 3 aromatic rings. The number of hydrogen-bond donors (Lipinski definition) is 1. The molecule has 0 radical (unpaired) electrons. The highest BCUT2D eigenvalue weighted by Gasteiger charge is 2.30. The zero-order valence-corrected chi connectivity index (χ0v) is 16.7. The van der Waals surface area contributed by atoms with Gasteiger partial charge in [0.15, 0.2) is 0 Å². The van der Waals surface area contributed by atoms with Gasteiger partial charge >= 0.3 is 0 Å². The summed E-state index contributed by atoms with van der Waals surface area (Å²) < 4.78 is 12.3. The highest BCUT2D eigenvalue weighted by atomic mass is 32.2. The SMILES string of the molecule is COc1ccc([C@H]2SCC(=O)Nc3c2c(C)nn3-c2ccc(OC)cc2)cc1. The standard InChI is InChI=1S/C21H21N3O3S/c1-13-19-20(14-4-8-16(26-2)9-5-14)28-12-18(25)22-21(19)24(23-13)15-6-10-17(27-3)11-7-15/h4-11,20H,12H2,1-3H3,(H,22,25)/t20-/m1/s1. The van der Waals surface area contributed by atoms with Gasteiger partial charge in [0, 0.05) is 5.56 Å². The van der Waals surface area contributed by atoms with E-state index >= 15 is 0 Å². The lowest BCUT2D eigenvalue weighted by Gasteiger charge is -2.16. The summed E-state index contributed by atoms with van der Waals surface area (Å²) in [5, 5.41) is 7.78. The molecule has 28 heavy (non-hydrogen) atoms. The molecule has 1 atom stereocenters. The van der Waals surface area contributed by atoms with Gasteiger partial charge in [0.2, 0.25) is 5.91 Å². The smallest absolute Gasteiger partial charge is 0.235 e. The van der Waals surface area contributed by atoms with E-state index in [2.05, 4.69) is 5.32 Å². The number of fused-ring (bicyclic) bond motifs is 1. The lowest BCUT2D eigenvalue weighted by molar-refractivity contribution is -0.113. The van der Waals surface area contributed by atoms with Gasteiger partial charge in [0.1, 0.15) is 17.3 Å². The van der Waals surface area contributed by atoms with E-state index < -0.39 is 0 Å². The normalized spacial score (nSPS) is 16.1. The van der Waals surface area contributed by atoms with E-state index in [0.29, 0.717) is 5.75 Å². The number of aromatic nitrogens is 2. The Kier molecular flexibility index (Phi) is 5.00. The Bertz CT molecular complexity index is 997. The fourth-order valence-corrected chi connectivity index (χ4v) is 4.52. The Hall–Kier alpha value is -2.93. The molecule has 1 aliphatic heterocycles. The lowest BCUT2D eigenvalue weighted by atomic mass is 10.0. The molecule has 2 aromatic carbocycles. The first-order valence-corrected chi connectivity index (χ1v) is 9.95. The van der Waals surface area contributed by atoms with Crippen molar-refractivity contribution in [3.63, 3.8) is 0 Å². The Labute approximate surface area is 167 Å². The zero-order chi connectivity index (χ0) is 19.7. The van der Waals surface area contributed by atoms with Crippen molar-refractivity contribution in [2.45, 2.75) is 12.2 Å². The number of nitrogens with one attached hydrogen (secondary N) is 1. The molecule has 0 bridgehead atoms. The second kappa shape index (κ2) is 7.59. The molecule has 1 aliphatic rings. The number of carbonyl (C=O) groups is 1. The average Bonchev–Trinajstić information content (AvgIpc) is 2.93. The third-order valence-electron chi connectivity index (χ3n) is 4.74. The molecule has 0 fully saturated rings. The molecular formula is C21H21N3O3S. The molecule has 6 nitrogen and oxygen atoms in total. The van der Waals surface area contributed by atoms with Crippen molar-refractivity contribution < 1.29 is 14.3 Å². The quantitative estimate of drug-likeness (QED) is 0.724. The van der Waals surface area contributed by atoms with E-state index in [-0.39, 0.29) is 11.2 Å². The molecule has 144 valence electrons. The van der Waals surface area contributed by atoms with E-state index in [1.165, 1.54) is 0 Å². The lowest BCUT2D eigenvalue weighted by Crippen LogP contribution is -2.15. The first-order chi connectivity index (χ1) is 13.6. The van der Waals surface area contributed by atoms with Crippen molar-refractivity contribution in [3.8, 4) is 17.2 Å². The second-order valence-corrected chi connectivity index (χ2v) is 7.56. The summed E-state index contributed by atoms with van der Waals surface area (Å²) in [5.74, 6) is 2.65. The summed E-state index contributed by atoms with van der Waals surface area (Å²) in [6.07, 6.45) is 0. The number of ether oxygens (including phenoxy) is 2. The van der Waals surface area contributed by atoms with Crippen LogP contribution in [0.2, 0.25) is 0 Å². The molecule has 7 heteroatoms. The van der Waals surface area contributed by atoms with E-state index in [1.54, 1.807) is 30.7 Å². The van der Waals surface area contributed by atoms with Gasteiger partial charge in [-0.1, -0.05) is 12.1 Å². The number of carbonyl (C=O) groups excluding carboxylic acids is 1. The molecule has 1 N–H and O–H groups in total. The number of amides is 1. The van der Waals surface area contributed by atoms with Crippen molar-refractivity contribution in [2.24, 2.45) is 0 Å². The van der Waals surface area contributed by atoms with Crippen LogP contribution in [-0.2, 0) is 4.79 Å². The van der Waals surface area contributed by atoms with Crippen molar-refractivity contribution in [2.75, 3.05) is 25.3 Å². The van der Waals surface area contributed by atoms with Crippen LogP contribution in [0.15, 0.2) is 48.5 Å². The van der Waals surface area contributed by atoms with Crippen molar-refractivity contribution in [3.05, 3.63) is 65.4 Å². The summed E-state index contributed by atoms with van der Waals surface area (Å²) in [7, 11) is 3.29. The molecule has 1 amide bonds. The third-order valence-corrected chi connectivity index (χ3v) is 6.01. The number of thioether (sulfide) groups is 1. The van der Waals surface area contributed by atoms with Crippen LogP contribution in [0, 0.1) is 6.92 Å². The van der Waals surface area contributed by atoms with E-state index in [1.807, 2.05) is 55.5 Å². The van der Waals surface area contributed by atoms with Gasteiger partial charge in [-0.05, 0) is 48.9 Å². The topological polar surface area (TPSA) is 65.4 Å². The van der Waals surface area contributed by atoms with Gasteiger partial charge < -0.3 is 14.8 Å². The van der Waals surface area contributed by atoms with Gasteiger partial charge in [0.05, 0.1) is 36.6 Å². The van der Waals surface area contributed by atoms with Gasteiger partial charge in [-0.15, -0.1) is 11.8 Å². The molecule has 0 aliphatic carbocycles. The minimum atomic E-state index is -0.0306. The maximum atomic E-state index is 12.4. The summed E-state index contributed by atoms with van der Waals surface area (Å²) >= 11 is 1.60. The average molecular weight is 395 g/mol. The largest absolute Gasteiger partial charge is 0.497 e. The number of nitrogens with zero attached hydrogens (tertiary/aromatic N) is 2. The maximum Gasteiger partial charge on any atom is 0.235 e. The zero-order valence-electron chi connectivity index (χ0n) is 15.9. The van der Waals surface area contributed by atoms with Crippen LogP contribution in [0.3, 0.4) is 0 Å². The van der Waals surface area contributed by atoms with Gasteiger partial charge in [-0.3, -0.25) is 4.79 Å². The predicted molar refractivity (Wildman–Crippen MR) is 111 cm³/mol. The Balaban J connectivity index is 1.82. The molecular weight excluding hydrogens is 374 g/mol. The van der Waals surface area contributed by atoms with Crippen LogP contribution in [0.5, 0.6) is 11.5 Å². The van der Waals surface area contributed by atoms with E-state index in [4.69, 9.17) is 14.6 Å². The molecule has 0 saturated carbocycles. The Morgan fingerprint density at radius 3 is 2.25 bits per heavy atom. The Morgan fingerprint density at radius 1 is 1.04 bits per heavy atom. The minimum Gasteiger partial charge on any atom is -0.497 e. The minimum absolute atomic E-state index is 0.00635. The van der Waals surface area contributed by atoms with Gasteiger partial charge in [-0.25, -0.2) is 4.68 Å². The second-order valence-electron chi connectivity index (χ2n) is 6.47. The molecule has 0 unspecified atom stereocenters. The summed E-state index contributed by atoms with van der Waals surface area (Å²) in [6.45, 7) is 1.98. The molecule has 0 spiro atoms. The highest BCUT2D eigenvalue weighted by Crippen LogP contribution is 2.44. The van der Waals surface area contributed by atoms with Crippen molar-refractivity contribution in [1.82, 2.24) is 9.78 Å². The summed E-state index contributed by atoms with van der Waals surface area (Å²) in [5.41, 5.74) is 3.89. The van der Waals surface area contributed by atoms with Gasteiger partial charge in [-0.2, -0.15) is 5.10 Å². The fraction of sp³-hybridized carbons (Fsp3) is 0.238. The highest BCUT2D eigenvalue weighted by molar-refractivity contribution is 8.00. The van der Waals surface area contributed by atoms with Crippen LogP contribution >= 0.6 is 11.8 Å². The van der Waals surface area contributed by atoms with Gasteiger partial charge in [0.25, 0.3) is 0 Å². The number of benzene rings is 2. The molecule has 1 aromatic heterocycles. The fourth-order valence-electron chi connectivity index (χ4n) is 3.34. The number of methoxy groups -OCH3 is 2. The number of aryl methyl sites for hydroxylation is 1. The summed E-state index contributed by atoms with van der Waals surface area (Å²) in [6, 6.07) is 15.6. The third kappa shape index (κ3) is 3.33. The van der Waals surface area contributed by atoms with Crippen molar-refractivity contribution in [1.29, 1.82) is 0 Å². The van der Waals surface area contributed by atoms with E-state index in [0.717, 1.165) is 39.8 Å². The first kappa shape index (κ1) is 18.4. The summed E-state index contributed by atoms with van der Waals surface area (Å²) in [4.78, 5) is 12.4. The molecule has 4 rings (SSSR count). The van der Waals surface area contributed by atoms with Crippen molar-refractivity contribution >= 4 is 23.5 Å². The van der Waals surface area contributed by atoms with Crippen LogP contribution in [-0.4, -0.2) is 35.7 Å². The monoisotopic (exact) mass is 395 g/mol. The Morgan fingerprint density at radius 2 is 1.64 bits per heavy atom. The number of hydrogen-bond acceptors (Lipinski definition) is 5. The maximum absolute atomic E-state index is 12.4. The van der Waals surface area contributed by atoms with Crippen LogP contribution < -0.4 is 14.8 Å². The molecule has 0 saturated heterocycles. The van der Waals surface area contributed by atoms with Crippen LogP contribution in [0.25, 0.3) is 5.69 Å².